The van der Waals surface area contributed by atoms with E-state index in [0.29, 0.717) is 19.3 Å². The van der Waals surface area contributed by atoms with E-state index in [1.165, 1.54) is 0 Å². The van der Waals surface area contributed by atoms with Gasteiger partial charge in [0.2, 0.25) is 5.91 Å². The highest BCUT2D eigenvalue weighted by Crippen LogP contribution is 1.96. The summed E-state index contributed by atoms with van der Waals surface area (Å²) in [6, 6.07) is -0.897. The molecule has 0 aliphatic rings. The summed E-state index contributed by atoms with van der Waals surface area (Å²) in [5, 5.41) is 10.8. The minimum atomic E-state index is -1.51. The van der Waals surface area contributed by atoms with Gasteiger partial charge >= 0.3 is 5.97 Å². The molecule has 0 saturated heterocycles. The molecule has 1 amide bonds. The lowest BCUT2D eigenvalue weighted by Gasteiger charge is -2.12. The van der Waals surface area contributed by atoms with E-state index in [0.717, 1.165) is 0 Å². The molecule has 80 valence electrons. The number of carbonyl (C=O) groups excluding carboxylic acids is 2. The van der Waals surface area contributed by atoms with Gasteiger partial charge in [0.25, 0.3) is 5.78 Å². The van der Waals surface area contributed by atoms with Gasteiger partial charge in [-0.3, -0.25) is 9.59 Å². The van der Waals surface area contributed by atoms with Crippen LogP contribution in [0.25, 0.3) is 0 Å². The van der Waals surface area contributed by atoms with E-state index >= 15 is 0 Å². The average Bonchev–Trinajstić information content (AvgIpc) is 2.13. The molecule has 0 aliphatic carbocycles. The maximum absolute atomic E-state index is 11.1. The van der Waals surface area contributed by atoms with Crippen molar-refractivity contribution in [1.82, 2.24) is 5.32 Å². The molecule has 0 spiro atoms. The van der Waals surface area contributed by atoms with Crippen LogP contribution < -0.4 is 5.32 Å². The van der Waals surface area contributed by atoms with Crippen molar-refractivity contribution in [3.05, 3.63) is 0 Å². The van der Waals surface area contributed by atoms with Gasteiger partial charge in [-0.25, -0.2) is 4.79 Å². The predicted molar refractivity (Wildman–Crippen MR) is 49.8 cm³/mol. The first-order valence-electron chi connectivity index (χ1n) is 4.59. The fraction of sp³-hybridized carbons (Fsp3) is 0.667. The number of ketones is 1. The number of carbonyl (C=O) groups is 3. The monoisotopic (exact) mass is 201 g/mol. The summed E-state index contributed by atoms with van der Waals surface area (Å²) < 4.78 is 0. The quantitative estimate of drug-likeness (QED) is 0.607. The molecule has 0 aliphatic heterocycles. The number of hydrogen-bond acceptors (Lipinski definition) is 3. The van der Waals surface area contributed by atoms with Gasteiger partial charge in [0.05, 0.1) is 6.04 Å². The first-order chi connectivity index (χ1) is 6.52. The van der Waals surface area contributed by atoms with Crippen molar-refractivity contribution in [3.8, 4) is 0 Å². The number of amides is 1. The second kappa shape index (κ2) is 6.12. The largest absolute Gasteiger partial charge is 0.475 e. The minimum absolute atomic E-state index is 0.283. The highest BCUT2D eigenvalue weighted by molar-refractivity contribution is 6.35. The lowest BCUT2D eigenvalue weighted by Crippen LogP contribution is -2.43. The predicted octanol–water partition coefficient (Wildman–Crippen LogP) is 0.335. The number of hydrogen-bond donors (Lipinski definition) is 2. The Hall–Kier alpha value is -1.39. The second-order valence-electron chi connectivity index (χ2n) is 2.95. The summed E-state index contributed by atoms with van der Waals surface area (Å²) in [7, 11) is 0. The van der Waals surface area contributed by atoms with Crippen molar-refractivity contribution in [2.75, 3.05) is 0 Å². The molecule has 0 fully saturated rings. The van der Waals surface area contributed by atoms with Crippen LogP contribution in [-0.2, 0) is 14.4 Å². The van der Waals surface area contributed by atoms with Crippen LogP contribution in [0.15, 0.2) is 0 Å². The van der Waals surface area contributed by atoms with Crippen molar-refractivity contribution in [2.45, 2.75) is 39.2 Å². The average molecular weight is 201 g/mol. The molecule has 0 bridgehead atoms. The molecule has 1 unspecified atom stereocenters. The van der Waals surface area contributed by atoms with E-state index in [1.54, 1.807) is 6.92 Å². The first-order valence-corrected chi connectivity index (χ1v) is 4.59. The molecule has 0 radical (unpaired) electrons. The molecule has 2 N–H and O–H groups in total. The van der Waals surface area contributed by atoms with E-state index in [9.17, 15) is 14.4 Å². The SMILES string of the molecule is CCCC(=O)NC(CC)C(=O)C(=O)O. The van der Waals surface area contributed by atoms with Gasteiger partial charge in [0.1, 0.15) is 0 Å². The van der Waals surface area contributed by atoms with Crippen LogP contribution in [0, 0.1) is 0 Å². The van der Waals surface area contributed by atoms with Gasteiger partial charge in [-0.1, -0.05) is 13.8 Å². The number of rotatable bonds is 6. The Morgan fingerprint density at radius 1 is 1.29 bits per heavy atom. The Kier molecular flexibility index (Phi) is 5.52. The molecule has 0 aromatic heterocycles. The molecule has 0 aromatic rings. The van der Waals surface area contributed by atoms with Crippen LogP contribution in [0.1, 0.15) is 33.1 Å². The fourth-order valence-electron chi connectivity index (χ4n) is 0.996. The molecule has 0 heterocycles. The maximum Gasteiger partial charge on any atom is 0.374 e. The fourth-order valence-corrected chi connectivity index (χ4v) is 0.996. The topological polar surface area (TPSA) is 83.5 Å². The van der Waals surface area contributed by atoms with Crippen LogP contribution in [0.2, 0.25) is 0 Å². The van der Waals surface area contributed by atoms with Crippen molar-refractivity contribution < 1.29 is 19.5 Å². The maximum atomic E-state index is 11.1. The molecule has 5 heteroatoms. The molecule has 0 rings (SSSR count). The third kappa shape index (κ3) is 4.02. The van der Waals surface area contributed by atoms with Gasteiger partial charge in [-0.2, -0.15) is 0 Å². The number of aliphatic carboxylic acids is 1. The third-order valence-corrected chi connectivity index (χ3v) is 1.75. The van der Waals surface area contributed by atoms with Crippen molar-refractivity contribution >= 4 is 17.7 Å². The summed E-state index contributed by atoms with van der Waals surface area (Å²) in [5.74, 6) is -2.75. The van der Waals surface area contributed by atoms with E-state index < -0.39 is 17.8 Å². The highest BCUT2D eigenvalue weighted by atomic mass is 16.4. The van der Waals surface area contributed by atoms with Crippen molar-refractivity contribution in [3.63, 3.8) is 0 Å². The van der Waals surface area contributed by atoms with Crippen molar-refractivity contribution in [1.29, 1.82) is 0 Å². The van der Waals surface area contributed by atoms with E-state index in [-0.39, 0.29) is 5.91 Å². The molecule has 14 heavy (non-hydrogen) atoms. The molecule has 5 nitrogen and oxygen atoms in total. The molecule has 1 atom stereocenters. The van der Waals surface area contributed by atoms with Gasteiger partial charge in [-0.15, -0.1) is 0 Å². The Bertz CT molecular complexity index is 237. The van der Waals surface area contributed by atoms with Gasteiger partial charge < -0.3 is 10.4 Å². The van der Waals surface area contributed by atoms with Crippen LogP contribution in [0.5, 0.6) is 0 Å². The lowest BCUT2D eigenvalue weighted by atomic mass is 10.1. The van der Waals surface area contributed by atoms with Gasteiger partial charge in [-0.05, 0) is 12.8 Å². The van der Waals surface area contributed by atoms with Gasteiger partial charge in [0.15, 0.2) is 0 Å². The molecular weight excluding hydrogens is 186 g/mol. The Labute approximate surface area is 82.5 Å². The Morgan fingerprint density at radius 2 is 1.86 bits per heavy atom. The number of carboxylic acids is 1. The zero-order valence-corrected chi connectivity index (χ0v) is 8.37. The summed E-state index contributed by atoms with van der Waals surface area (Å²) in [4.78, 5) is 32.4. The zero-order chi connectivity index (χ0) is 11.1. The summed E-state index contributed by atoms with van der Waals surface area (Å²) in [6.07, 6.45) is 1.27. The van der Waals surface area contributed by atoms with Crippen molar-refractivity contribution in [2.24, 2.45) is 0 Å². The Morgan fingerprint density at radius 3 is 2.21 bits per heavy atom. The normalized spacial score (nSPS) is 11.9. The Balaban J connectivity index is 4.22. The summed E-state index contributed by atoms with van der Waals surface area (Å²) in [6.45, 7) is 3.48. The van der Waals surface area contributed by atoms with E-state index in [2.05, 4.69) is 5.32 Å². The standard InChI is InChI=1S/C9H15NO4/c1-3-5-7(11)10-6(4-2)8(12)9(13)14/h6H,3-5H2,1-2H3,(H,10,11)(H,13,14). The number of nitrogens with one attached hydrogen (secondary N) is 1. The highest BCUT2D eigenvalue weighted by Gasteiger charge is 2.24. The minimum Gasteiger partial charge on any atom is -0.475 e. The zero-order valence-electron chi connectivity index (χ0n) is 8.37. The van der Waals surface area contributed by atoms with Crippen LogP contribution in [-0.4, -0.2) is 28.8 Å². The van der Waals surface area contributed by atoms with Crippen LogP contribution in [0.3, 0.4) is 0 Å². The van der Waals surface area contributed by atoms with Crippen LogP contribution >= 0.6 is 0 Å². The van der Waals surface area contributed by atoms with Crippen LogP contribution in [0.4, 0.5) is 0 Å². The van der Waals surface area contributed by atoms with Gasteiger partial charge in [0, 0.05) is 6.42 Å². The summed E-state index contributed by atoms with van der Waals surface area (Å²) in [5.41, 5.74) is 0. The third-order valence-electron chi connectivity index (χ3n) is 1.75. The number of carboxylic acid groups (broad SMARTS) is 1. The first kappa shape index (κ1) is 12.6. The van der Waals surface area contributed by atoms with E-state index in [1.807, 2.05) is 6.92 Å². The summed E-state index contributed by atoms with van der Waals surface area (Å²) >= 11 is 0. The molecule has 0 saturated carbocycles. The second-order valence-corrected chi connectivity index (χ2v) is 2.95. The lowest BCUT2D eigenvalue weighted by molar-refractivity contribution is -0.150. The van der Waals surface area contributed by atoms with E-state index in [4.69, 9.17) is 5.11 Å². The molecular formula is C9H15NO4. The molecule has 0 aromatic carbocycles. The smallest absolute Gasteiger partial charge is 0.374 e. The number of Topliss-reactive ketones (excluding diaryl/α,β-unsaturated/α-hetero) is 1.